The molecule has 0 bridgehead atoms. The van der Waals surface area contributed by atoms with Crippen LogP contribution in [-0.4, -0.2) is 11.7 Å². The quantitative estimate of drug-likeness (QED) is 0.862. The van der Waals surface area contributed by atoms with E-state index in [1.54, 1.807) is 12.1 Å². The van der Waals surface area contributed by atoms with E-state index in [2.05, 4.69) is 0 Å². The highest BCUT2D eigenvalue weighted by molar-refractivity contribution is 6.31. The monoisotopic (exact) mass is 259 g/mol. The summed E-state index contributed by atoms with van der Waals surface area (Å²) in [6, 6.07) is 4.63. The Morgan fingerprint density at radius 1 is 1.35 bits per heavy atom. The maximum absolute atomic E-state index is 14.5. The second-order valence-electron chi connectivity index (χ2n) is 4.88. The van der Waals surface area contributed by atoms with E-state index >= 15 is 0 Å². The number of nitrogens with two attached hydrogens (primary N) is 1. The standard InChI is InChI=1S/C13H16ClF2N/c14-12-9(2-1-3-11(12)15)8-13(16)6-4-10(17)5-7-13/h1-3,10H,4-8,17H2. The van der Waals surface area contributed by atoms with Crippen molar-refractivity contribution < 1.29 is 8.78 Å². The Balaban J connectivity index is 2.12. The first-order valence-electron chi connectivity index (χ1n) is 5.88. The van der Waals surface area contributed by atoms with Gasteiger partial charge in [0.2, 0.25) is 0 Å². The first kappa shape index (κ1) is 12.8. The number of benzene rings is 1. The summed E-state index contributed by atoms with van der Waals surface area (Å²) < 4.78 is 27.8. The molecule has 0 heterocycles. The lowest BCUT2D eigenvalue weighted by molar-refractivity contribution is 0.0994. The third-order valence-electron chi connectivity index (χ3n) is 3.47. The summed E-state index contributed by atoms with van der Waals surface area (Å²) in [5, 5.41) is 0.0411. The molecule has 1 aromatic rings. The first-order valence-corrected chi connectivity index (χ1v) is 6.25. The zero-order valence-corrected chi connectivity index (χ0v) is 10.3. The molecule has 0 radical (unpaired) electrons. The molecular weight excluding hydrogens is 244 g/mol. The largest absolute Gasteiger partial charge is 0.328 e. The van der Waals surface area contributed by atoms with Crippen LogP contribution in [0.4, 0.5) is 8.78 Å². The van der Waals surface area contributed by atoms with E-state index < -0.39 is 11.5 Å². The Labute approximate surface area is 105 Å². The molecule has 94 valence electrons. The minimum absolute atomic E-state index is 0.0411. The van der Waals surface area contributed by atoms with Crippen molar-refractivity contribution >= 4 is 11.6 Å². The maximum atomic E-state index is 14.5. The van der Waals surface area contributed by atoms with Gasteiger partial charge in [-0.25, -0.2) is 8.78 Å². The van der Waals surface area contributed by atoms with Crippen molar-refractivity contribution in [1.29, 1.82) is 0 Å². The average molecular weight is 260 g/mol. The van der Waals surface area contributed by atoms with Crippen molar-refractivity contribution in [1.82, 2.24) is 0 Å². The van der Waals surface area contributed by atoms with E-state index in [9.17, 15) is 8.78 Å². The second kappa shape index (κ2) is 4.91. The summed E-state index contributed by atoms with van der Waals surface area (Å²) in [6.45, 7) is 0. The zero-order valence-electron chi connectivity index (χ0n) is 9.56. The van der Waals surface area contributed by atoms with Crippen molar-refractivity contribution in [3.63, 3.8) is 0 Å². The van der Waals surface area contributed by atoms with Crippen LogP contribution >= 0.6 is 11.6 Å². The normalized spacial score (nSPS) is 29.3. The van der Waals surface area contributed by atoms with Crippen molar-refractivity contribution in [2.45, 2.75) is 43.8 Å². The molecule has 2 N–H and O–H groups in total. The molecule has 0 amide bonds. The summed E-state index contributed by atoms with van der Waals surface area (Å²) in [4.78, 5) is 0. The molecule has 1 fully saturated rings. The summed E-state index contributed by atoms with van der Waals surface area (Å²) in [5.41, 5.74) is 5.01. The second-order valence-corrected chi connectivity index (χ2v) is 5.26. The number of hydrogen-bond acceptors (Lipinski definition) is 1. The van der Waals surface area contributed by atoms with Crippen LogP contribution in [-0.2, 0) is 6.42 Å². The van der Waals surface area contributed by atoms with Crippen LogP contribution in [0.5, 0.6) is 0 Å². The van der Waals surface area contributed by atoms with Gasteiger partial charge in [0.05, 0.1) is 5.02 Å². The number of hydrogen-bond donors (Lipinski definition) is 1. The highest BCUT2D eigenvalue weighted by Gasteiger charge is 2.35. The Morgan fingerprint density at radius 3 is 2.65 bits per heavy atom. The van der Waals surface area contributed by atoms with Crippen LogP contribution in [0.15, 0.2) is 18.2 Å². The van der Waals surface area contributed by atoms with Gasteiger partial charge in [-0.15, -0.1) is 0 Å². The molecule has 0 saturated heterocycles. The van der Waals surface area contributed by atoms with Crippen molar-refractivity contribution in [2.75, 3.05) is 0 Å². The fourth-order valence-electron chi connectivity index (χ4n) is 2.36. The van der Waals surface area contributed by atoms with E-state index in [-0.39, 0.29) is 17.5 Å². The van der Waals surface area contributed by atoms with Gasteiger partial charge < -0.3 is 5.73 Å². The number of rotatable bonds is 2. The Bertz CT molecular complexity index is 400. The van der Waals surface area contributed by atoms with E-state index in [0.717, 1.165) is 0 Å². The SMILES string of the molecule is NC1CCC(F)(Cc2cccc(F)c2Cl)CC1. The summed E-state index contributed by atoms with van der Waals surface area (Å²) >= 11 is 5.84. The minimum atomic E-state index is -1.28. The van der Waals surface area contributed by atoms with E-state index in [4.69, 9.17) is 17.3 Å². The van der Waals surface area contributed by atoms with Gasteiger partial charge in [-0.1, -0.05) is 23.7 Å². The Hall–Kier alpha value is -0.670. The highest BCUT2D eigenvalue weighted by Crippen LogP contribution is 2.36. The molecule has 4 heteroatoms. The van der Waals surface area contributed by atoms with Crippen LogP contribution in [0.2, 0.25) is 5.02 Å². The Morgan fingerprint density at radius 2 is 2.00 bits per heavy atom. The van der Waals surface area contributed by atoms with Crippen molar-refractivity contribution in [2.24, 2.45) is 5.73 Å². The highest BCUT2D eigenvalue weighted by atomic mass is 35.5. The summed E-state index contributed by atoms with van der Waals surface area (Å²) in [5.74, 6) is -0.486. The van der Waals surface area contributed by atoms with E-state index in [1.165, 1.54) is 6.07 Å². The van der Waals surface area contributed by atoms with E-state index in [0.29, 0.717) is 31.2 Å². The molecule has 0 aromatic heterocycles. The third-order valence-corrected chi connectivity index (χ3v) is 3.89. The molecule has 0 unspecified atom stereocenters. The van der Waals surface area contributed by atoms with E-state index in [1.807, 2.05) is 0 Å². The van der Waals surface area contributed by atoms with Crippen LogP contribution < -0.4 is 5.73 Å². The molecule has 1 aliphatic carbocycles. The van der Waals surface area contributed by atoms with Gasteiger partial charge in [-0.2, -0.15) is 0 Å². The van der Waals surface area contributed by atoms with Gasteiger partial charge in [0, 0.05) is 12.5 Å². The fourth-order valence-corrected chi connectivity index (χ4v) is 2.55. The van der Waals surface area contributed by atoms with Gasteiger partial charge in [-0.3, -0.25) is 0 Å². The fraction of sp³-hybridized carbons (Fsp3) is 0.538. The molecular formula is C13H16ClF2N. The predicted octanol–water partition coefficient (Wildman–Crippen LogP) is 3.63. The molecule has 1 nitrogen and oxygen atoms in total. The molecule has 1 aromatic carbocycles. The van der Waals surface area contributed by atoms with Gasteiger partial charge in [0.25, 0.3) is 0 Å². The molecule has 1 aliphatic rings. The maximum Gasteiger partial charge on any atom is 0.142 e. The summed E-state index contributed by atoms with van der Waals surface area (Å²) in [6.07, 6.45) is 2.41. The smallest absolute Gasteiger partial charge is 0.142 e. The number of halogens is 3. The van der Waals surface area contributed by atoms with Gasteiger partial charge >= 0.3 is 0 Å². The molecule has 0 spiro atoms. The van der Waals surface area contributed by atoms with Gasteiger partial charge in [-0.05, 0) is 37.3 Å². The third kappa shape index (κ3) is 2.96. The van der Waals surface area contributed by atoms with Crippen LogP contribution in [0.1, 0.15) is 31.2 Å². The van der Waals surface area contributed by atoms with Crippen LogP contribution in [0.3, 0.4) is 0 Å². The van der Waals surface area contributed by atoms with Gasteiger partial charge in [0.1, 0.15) is 11.5 Å². The molecule has 17 heavy (non-hydrogen) atoms. The Kier molecular flexibility index (Phi) is 3.69. The lowest BCUT2D eigenvalue weighted by Gasteiger charge is -2.32. The first-order chi connectivity index (χ1) is 8.00. The van der Waals surface area contributed by atoms with Crippen molar-refractivity contribution in [3.8, 4) is 0 Å². The molecule has 2 rings (SSSR count). The minimum Gasteiger partial charge on any atom is -0.328 e. The van der Waals surface area contributed by atoms with Crippen LogP contribution in [0, 0.1) is 5.82 Å². The lowest BCUT2D eigenvalue weighted by atomic mass is 9.80. The predicted molar refractivity (Wildman–Crippen MR) is 65.4 cm³/mol. The average Bonchev–Trinajstić information content (AvgIpc) is 2.30. The summed E-state index contributed by atoms with van der Waals surface area (Å²) in [7, 11) is 0. The lowest BCUT2D eigenvalue weighted by Crippen LogP contribution is -2.37. The van der Waals surface area contributed by atoms with Gasteiger partial charge in [0.15, 0.2) is 0 Å². The molecule has 0 aliphatic heterocycles. The zero-order chi connectivity index (χ0) is 12.5. The number of alkyl halides is 1. The van der Waals surface area contributed by atoms with Crippen molar-refractivity contribution in [3.05, 3.63) is 34.6 Å². The molecule has 0 atom stereocenters. The van der Waals surface area contributed by atoms with Crippen LogP contribution in [0.25, 0.3) is 0 Å². The topological polar surface area (TPSA) is 26.0 Å². The molecule has 1 saturated carbocycles.